The molecule has 1 saturated heterocycles. The van der Waals surface area contributed by atoms with E-state index in [0.29, 0.717) is 18.4 Å². The molecule has 1 aromatic carbocycles. The van der Waals surface area contributed by atoms with Gasteiger partial charge in [-0.25, -0.2) is 4.68 Å². The minimum absolute atomic E-state index is 0.0971. The second kappa shape index (κ2) is 7.46. The molecule has 8 nitrogen and oxygen atoms in total. The van der Waals surface area contributed by atoms with E-state index in [1.165, 1.54) is 11.8 Å². The lowest BCUT2D eigenvalue weighted by Gasteiger charge is -2.12. The highest BCUT2D eigenvalue weighted by Gasteiger charge is 2.23. The standard InChI is InChI=1S/C17H19N5O3S/c1-11(15-8-12-4-2-3-5-14(12)25-15)18-16(23)10-26-17-19-20-21-22(17)13-6-7-24-9-13/h2-5,8,11,13H,6-7,9-10H2,1H3,(H,18,23). The molecule has 3 heterocycles. The average molecular weight is 373 g/mol. The van der Waals surface area contributed by atoms with Crippen LogP contribution < -0.4 is 5.32 Å². The zero-order valence-electron chi connectivity index (χ0n) is 14.3. The van der Waals surface area contributed by atoms with E-state index in [1.807, 2.05) is 37.3 Å². The van der Waals surface area contributed by atoms with Gasteiger partial charge < -0.3 is 14.5 Å². The molecular weight excluding hydrogens is 354 g/mol. The van der Waals surface area contributed by atoms with E-state index < -0.39 is 0 Å². The summed E-state index contributed by atoms with van der Waals surface area (Å²) in [5, 5.41) is 16.4. The number of carbonyl (C=O) groups excluding carboxylic acids is 1. The minimum atomic E-state index is -0.213. The normalized spacial score (nSPS) is 18.3. The van der Waals surface area contributed by atoms with Gasteiger partial charge >= 0.3 is 0 Å². The summed E-state index contributed by atoms with van der Waals surface area (Å²) in [4.78, 5) is 12.3. The molecule has 2 unspecified atom stereocenters. The molecule has 2 aromatic heterocycles. The molecule has 26 heavy (non-hydrogen) atoms. The molecule has 1 aliphatic heterocycles. The summed E-state index contributed by atoms with van der Waals surface area (Å²) in [7, 11) is 0. The average Bonchev–Trinajstić information content (AvgIpc) is 3.38. The predicted molar refractivity (Wildman–Crippen MR) is 95.8 cm³/mol. The number of fused-ring (bicyclic) bond motifs is 1. The number of furan rings is 1. The van der Waals surface area contributed by atoms with Crippen LogP contribution in [0.1, 0.15) is 31.2 Å². The van der Waals surface area contributed by atoms with Crippen LogP contribution in [-0.4, -0.2) is 45.1 Å². The Kier molecular flexibility index (Phi) is 4.89. The number of hydrogen-bond donors (Lipinski definition) is 1. The van der Waals surface area contributed by atoms with Crippen LogP contribution in [0.2, 0.25) is 0 Å². The molecule has 0 aliphatic carbocycles. The summed E-state index contributed by atoms with van der Waals surface area (Å²) < 4.78 is 12.9. The van der Waals surface area contributed by atoms with E-state index in [2.05, 4.69) is 20.8 Å². The van der Waals surface area contributed by atoms with Crippen molar-refractivity contribution >= 4 is 28.6 Å². The first-order chi connectivity index (χ1) is 12.7. The summed E-state index contributed by atoms with van der Waals surface area (Å²) in [6, 6.07) is 9.67. The van der Waals surface area contributed by atoms with E-state index in [-0.39, 0.29) is 23.7 Å². The lowest BCUT2D eigenvalue weighted by molar-refractivity contribution is -0.119. The maximum Gasteiger partial charge on any atom is 0.231 e. The van der Waals surface area contributed by atoms with Gasteiger partial charge in [0.2, 0.25) is 11.1 Å². The zero-order chi connectivity index (χ0) is 17.9. The molecule has 0 spiro atoms. The van der Waals surface area contributed by atoms with Gasteiger partial charge in [0.05, 0.1) is 24.4 Å². The number of hydrogen-bond acceptors (Lipinski definition) is 7. The first-order valence-corrected chi connectivity index (χ1v) is 9.45. The molecular formula is C17H19N5O3S. The van der Waals surface area contributed by atoms with Crippen LogP contribution >= 0.6 is 11.8 Å². The Morgan fingerprint density at radius 2 is 2.35 bits per heavy atom. The SMILES string of the molecule is CC(NC(=O)CSc1nnnn1C1CCOC1)c1cc2ccccc2o1. The Balaban J connectivity index is 1.34. The molecule has 1 N–H and O–H groups in total. The van der Waals surface area contributed by atoms with Crippen LogP contribution in [0, 0.1) is 0 Å². The molecule has 4 rings (SSSR count). The van der Waals surface area contributed by atoms with Gasteiger partial charge in [-0.3, -0.25) is 4.79 Å². The van der Waals surface area contributed by atoms with Crippen LogP contribution in [0.5, 0.6) is 0 Å². The molecule has 136 valence electrons. The number of amides is 1. The van der Waals surface area contributed by atoms with Crippen molar-refractivity contribution in [3.05, 3.63) is 36.1 Å². The molecule has 0 bridgehead atoms. The summed E-state index contributed by atoms with van der Waals surface area (Å²) in [6.45, 7) is 3.22. The molecule has 0 radical (unpaired) electrons. The number of benzene rings is 1. The number of carbonyl (C=O) groups is 1. The minimum Gasteiger partial charge on any atom is -0.459 e. The summed E-state index contributed by atoms with van der Waals surface area (Å²) in [6.07, 6.45) is 0.883. The molecule has 2 atom stereocenters. The van der Waals surface area contributed by atoms with E-state index >= 15 is 0 Å². The highest BCUT2D eigenvalue weighted by atomic mass is 32.2. The lowest BCUT2D eigenvalue weighted by Crippen LogP contribution is -2.28. The maximum absolute atomic E-state index is 12.3. The number of rotatable bonds is 6. The lowest BCUT2D eigenvalue weighted by atomic mass is 10.2. The summed E-state index contributed by atoms with van der Waals surface area (Å²) in [5.74, 6) is 0.871. The third-order valence-corrected chi connectivity index (χ3v) is 5.23. The molecule has 0 saturated carbocycles. The Morgan fingerprint density at radius 1 is 1.46 bits per heavy atom. The predicted octanol–water partition coefficient (Wildman–Crippen LogP) is 2.35. The Hall–Kier alpha value is -2.39. The molecule has 1 fully saturated rings. The van der Waals surface area contributed by atoms with Gasteiger partial charge in [-0.2, -0.15) is 0 Å². The van der Waals surface area contributed by atoms with E-state index in [1.54, 1.807) is 4.68 Å². The number of nitrogens with one attached hydrogen (secondary N) is 1. The third-order valence-electron chi connectivity index (χ3n) is 4.30. The molecule has 9 heteroatoms. The van der Waals surface area contributed by atoms with Crippen LogP contribution in [0.15, 0.2) is 39.9 Å². The van der Waals surface area contributed by atoms with Crippen molar-refractivity contribution < 1.29 is 13.9 Å². The highest BCUT2D eigenvalue weighted by Crippen LogP contribution is 2.25. The molecule has 1 amide bonds. The van der Waals surface area contributed by atoms with Crippen molar-refractivity contribution in [3.63, 3.8) is 0 Å². The first-order valence-electron chi connectivity index (χ1n) is 8.47. The van der Waals surface area contributed by atoms with Crippen LogP contribution in [0.3, 0.4) is 0 Å². The van der Waals surface area contributed by atoms with Crippen molar-refractivity contribution in [3.8, 4) is 0 Å². The second-order valence-corrected chi connectivity index (χ2v) is 7.13. The van der Waals surface area contributed by atoms with Gasteiger partial charge in [0.25, 0.3) is 0 Å². The molecule has 1 aliphatic rings. The zero-order valence-corrected chi connectivity index (χ0v) is 15.1. The number of aromatic nitrogens is 4. The van der Waals surface area contributed by atoms with Crippen molar-refractivity contribution in [2.75, 3.05) is 19.0 Å². The third kappa shape index (κ3) is 3.58. The van der Waals surface area contributed by atoms with Gasteiger partial charge in [-0.15, -0.1) is 5.10 Å². The van der Waals surface area contributed by atoms with E-state index in [4.69, 9.17) is 9.15 Å². The fourth-order valence-corrected chi connectivity index (χ4v) is 3.68. The van der Waals surface area contributed by atoms with E-state index in [9.17, 15) is 4.79 Å². The summed E-state index contributed by atoms with van der Waals surface area (Å²) in [5.41, 5.74) is 0.816. The Labute approximate surface area is 154 Å². The monoisotopic (exact) mass is 373 g/mol. The largest absolute Gasteiger partial charge is 0.459 e. The molecule has 3 aromatic rings. The van der Waals surface area contributed by atoms with Crippen molar-refractivity contribution in [2.45, 2.75) is 30.6 Å². The van der Waals surface area contributed by atoms with Crippen LogP contribution in [0.25, 0.3) is 11.0 Å². The quantitative estimate of drug-likeness (QED) is 0.663. The van der Waals surface area contributed by atoms with Gasteiger partial charge in [0, 0.05) is 12.0 Å². The Morgan fingerprint density at radius 3 is 3.15 bits per heavy atom. The van der Waals surface area contributed by atoms with Crippen molar-refractivity contribution in [1.29, 1.82) is 0 Å². The van der Waals surface area contributed by atoms with Crippen LogP contribution in [-0.2, 0) is 9.53 Å². The number of para-hydroxylation sites is 1. The van der Waals surface area contributed by atoms with E-state index in [0.717, 1.165) is 23.2 Å². The number of tetrazole rings is 1. The number of nitrogens with zero attached hydrogens (tertiary/aromatic N) is 4. The van der Waals surface area contributed by atoms with Gasteiger partial charge in [-0.1, -0.05) is 30.0 Å². The topological polar surface area (TPSA) is 95.1 Å². The highest BCUT2D eigenvalue weighted by molar-refractivity contribution is 7.99. The maximum atomic E-state index is 12.3. The van der Waals surface area contributed by atoms with Gasteiger partial charge in [-0.05, 0) is 35.9 Å². The number of thioether (sulfide) groups is 1. The second-order valence-electron chi connectivity index (χ2n) is 6.19. The van der Waals surface area contributed by atoms with Gasteiger partial charge in [0.1, 0.15) is 11.3 Å². The van der Waals surface area contributed by atoms with Crippen molar-refractivity contribution in [2.24, 2.45) is 0 Å². The fraction of sp³-hybridized carbons (Fsp3) is 0.412. The smallest absolute Gasteiger partial charge is 0.231 e. The number of ether oxygens (including phenoxy) is 1. The summed E-state index contributed by atoms with van der Waals surface area (Å²) >= 11 is 1.32. The Bertz CT molecular complexity index is 870. The van der Waals surface area contributed by atoms with Crippen molar-refractivity contribution in [1.82, 2.24) is 25.5 Å². The van der Waals surface area contributed by atoms with Crippen LogP contribution in [0.4, 0.5) is 0 Å². The van der Waals surface area contributed by atoms with Gasteiger partial charge in [0.15, 0.2) is 0 Å². The fourth-order valence-electron chi connectivity index (χ4n) is 2.92. The first kappa shape index (κ1) is 17.0.